The maximum Gasteiger partial charge on any atom is 0.325 e. The smallest absolute Gasteiger partial charge is 0.325 e. The number of carboxylic acids is 1. The van der Waals surface area contributed by atoms with Crippen LogP contribution in [0.25, 0.3) is 0 Å². The summed E-state index contributed by atoms with van der Waals surface area (Å²) in [6, 6.07) is 2.04. The molecule has 2 rings (SSSR count). The van der Waals surface area contributed by atoms with Crippen LogP contribution in [0.1, 0.15) is 32.6 Å². The van der Waals surface area contributed by atoms with Gasteiger partial charge in [-0.05, 0) is 49.8 Å². The second-order valence-electron chi connectivity index (χ2n) is 5.56. The van der Waals surface area contributed by atoms with Crippen LogP contribution in [0.2, 0.25) is 0 Å². The molecule has 4 nitrogen and oxygen atoms in total. The maximum atomic E-state index is 13.8. The van der Waals surface area contributed by atoms with Crippen molar-refractivity contribution in [2.75, 3.05) is 0 Å². The van der Waals surface area contributed by atoms with Gasteiger partial charge in [0.1, 0.15) is 16.5 Å². The fourth-order valence-corrected chi connectivity index (χ4v) is 4.74. The van der Waals surface area contributed by atoms with Crippen molar-refractivity contribution in [3.05, 3.63) is 29.8 Å². The average Bonchev–Trinajstić information content (AvgIpc) is 2.41. The third-order valence-electron chi connectivity index (χ3n) is 4.17. The number of hydrogen-bond donors (Lipinski definition) is 1. The minimum Gasteiger partial charge on any atom is -0.480 e. The first-order chi connectivity index (χ1) is 9.70. The normalized spacial score (nSPS) is 26.5. The Morgan fingerprint density at radius 3 is 2.38 bits per heavy atom. The summed E-state index contributed by atoms with van der Waals surface area (Å²) >= 11 is 0. The average molecular weight is 318 g/mol. The molecule has 0 radical (unpaired) electrons. The van der Waals surface area contributed by atoms with E-state index in [1.165, 1.54) is 0 Å². The highest BCUT2D eigenvalue weighted by Gasteiger charge is 2.53. The Kier molecular flexibility index (Phi) is 4.06. The van der Waals surface area contributed by atoms with E-state index in [-0.39, 0.29) is 18.8 Å². The van der Waals surface area contributed by atoms with Crippen LogP contribution in [0.3, 0.4) is 0 Å². The molecule has 0 spiro atoms. The number of carbonyl (C=O) groups is 1. The Balaban J connectivity index is 2.59. The van der Waals surface area contributed by atoms with Gasteiger partial charge in [0.25, 0.3) is 0 Å². The molecule has 7 heteroatoms. The zero-order valence-electron chi connectivity index (χ0n) is 11.5. The quantitative estimate of drug-likeness (QED) is 0.930. The van der Waals surface area contributed by atoms with Crippen molar-refractivity contribution in [1.82, 2.24) is 0 Å². The van der Waals surface area contributed by atoms with Crippen LogP contribution in [-0.4, -0.2) is 24.2 Å². The van der Waals surface area contributed by atoms with Gasteiger partial charge >= 0.3 is 5.97 Å². The molecule has 21 heavy (non-hydrogen) atoms. The molecule has 0 heterocycles. The van der Waals surface area contributed by atoms with Crippen LogP contribution in [0, 0.1) is 17.6 Å². The fraction of sp³-hybridized carbons (Fsp3) is 0.500. The molecule has 0 aliphatic heterocycles. The number of carboxylic acid groups (broad SMARTS) is 1. The Bertz CT molecular complexity index is 662. The van der Waals surface area contributed by atoms with Crippen LogP contribution >= 0.6 is 0 Å². The molecular weight excluding hydrogens is 302 g/mol. The van der Waals surface area contributed by atoms with Crippen LogP contribution in [0.15, 0.2) is 23.1 Å². The van der Waals surface area contributed by atoms with Gasteiger partial charge in [-0.15, -0.1) is 0 Å². The van der Waals surface area contributed by atoms with Crippen molar-refractivity contribution in [2.45, 2.75) is 42.2 Å². The summed E-state index contributed by atoms with van der Waals surface area (Å²) in [5.41, 5.74) is 0. The third-order valence-corrected chi connectivity index (χ3v) is 6.67. The first-order valence-corrected chi connectivity index (χ1v) is 8.12. The lowest BCUT2D eigenvalue weighted by atomic mass is 9.82. The van der Waals surface area contributed by atoms with Gasteiger partial charge in [0.05, 0.1) is 0 Å². The molecule has 1 aliphatic carbocycles. The lowest BCUT2D eigenvalue weighted by Gasteiger charge is -2.35. The number of rotatable bonds is 3. The predicted octanol–water partition coefficient (Wildman–Crippen LogP) is 2.77. The van der Waals surface area contributed by atoms with Crippen LogP contribution in [-0.2, 0) is 14.6 Å². The van der Waals surface area contributed by atoms with Gasteiger partial charge in [0.15, 0.2) is 14.6 Å². The third kappa shape index (κ3) is 2.54. The number of halogens is 2. The number of benzene rings is 1. The minimum atomic E-state index is -4.51. The summed E-state index contributed by atoms with van der Waals surface area (Å²) in [4.78, 5) is 10.7. The lowest BCUT2D eigenvalue weighted by molar-refractivity contribution is -0.141. The second-order valence-corrected chi connectivity index (χ2v) is 7.79. The SMILES string of the molecule is CC1CCC(C(=O)O)(S(=O)(=O)c2cc(F)ccc2F)CC1. The molecule has 0 aromatic heterocycles. The van der Waals surface area contributed by atoms with E-state index in [2.05, 4.69) is 0 Å². The highest BCUT2D eigenvalue weighted by atomic mass is 32.2. The molecule has 1 aromatic rings. The van der Waals surface area contributed by atoms with E-state index in [0.717, 1.165) is 6.07 Å². The van der Waals surface area contributed by atoms with E-state index in [4.69, 9.17) is 0 Å². The van der Waals surface area contributed by atoms with Crippen molar-refractivity contribution in [3.8, 4) is 0 Å². The summed E-state index contributed by atoms with van der Waals surface area (Å²) in [6.45, 7) is 1.90. The molecule has 0 unspecified atom stereocenters. The largest absolute Gasteiger partial charge is 0.480 e. The van der Waals surface area contributed by atoms with Gasteiger partial charge in [-0.1, -0.05) is 6.92 Å². The van der Waals surface area contributed by atoms with Crippen LogP contribution < -0.4 is 0 Å². The van der Waals surface area contributed by atoms with Gasteiger partial charge in [-0.3, -0.25) is 4.79 Å². The molecule has 0 amide bonds. The number of aliphatic carboxylic acids is 1. The first kappa shape index (κ1) is 15.9. The number of sulfone groups is 1. The van der Waals surface area contributed by atoms with Crippen LogP contribution in [0.4, 0.5) is 8.78 Å². The molecule has 1 N–H and O–H groups in total. The summed E-state index contributed by atoms with van der Waals surface area (Å²) in [6.07, 6.45) is 0.647. The van der Waals surface area contributed by atoms with Crippen LogP contribution in [0.5, 0.6) is 0 Å². The first-order valence-electron chi connectivity index (χ1n) is 6.64. The standard InChI is InChI=1S/C14H16F2O4S/c1-9-4-6-14(7-5-9,13(17)18)21(19,20)12-8-10(15)2-3-11(12)16/h2-3,8-9H,4-7H2,1H3,(H,17,18). The predicted molar refractivity (Wildman–Crippen MR) is 71.5 cm³/mol. The van der Waals surface area contributed by atoms with Crippen molar-refractivity contribution in [1.29, 1.82) is 0 Å². The van der Waals surface area contributed by atoms with Gasteiger partial charge < -0.3 is 5.11 Å². The van der Waals surface area contributed by atoms with Crippen molar-refractivity contribution in [2.24, 2.45) is 5.92 Å². The molecule has 0 bridgehead atoms. The summed E-state index contributed by atoms with van der Waals surface area (Å²) in [7, 11) is -4.51. The molecule has 1 fully saturated rings. The zero-order chi connectivity index (χ0) is 15.8. The minimum absolute atomic E-state index is 0.0954. The van der Waals surface area contributed by atoms with Crippen molar-refractivity contribution >= 4 is 15.8 Å². The second kappa shape index (κ2) is 5.36. The van der Waals surface area contributed by atoms with E-state index in [1.807, 2.05) is 6.92 Å². The monoisotopic (exact) mass is 318 g/mol. The molecule has 0 saturated heterocycles. The van der Waals surface area contributed by atoms with E-state index in [1.54, 1.807) is 0 Å². The lowest BCUT2D eigenvalue weighted by Crippen LogP contribution is -2.49. The topological polar surface area (TPSA) is 71.4 Å². The maximum absolute atomic E-state index is 13.8. The Morgan fingerprint density at radius 1 is 1.29 bits per heavy atom. The van der Waals surface area contributed by atoms with Gasteiger partial charge in [0, 0.05) is 0 Å². The van der Waals surface area contributed by atoms with Crippen molar-refractivity contribution < 1.29 is 27.1 Å². The zero-order valence-corrected chi connectivity index (χ0v) is 12.3. The Hall–Kier alpha value is -1.50. The summed E-state index contributed by atoms with van der Waals surface area (Å²) in [5.74, 6) is -3.33. The summed E-state index contributed by atoms with van der Waals surface area (Å²) < 4.78 is 50.3. The van der Waals surface area contributed by atoms with E-state index < -0.39 is 37.1 Å². The highest BCUT2D eigenvalue weighted by molar-refractivity contribution is 7.93. The molecule has 116 valence electrons. The van der Waals surface area contributed by atoms with E-state index in [9.17, 15) is 27.1 Å². The van der Waals surface area contributed by atoms with E-state index >= 15 is 0 Å². The van der Waals surface area contributed by atoms with Crippen molar-refractivity contribution in [3.63, 3.8) is 0 Å². The molecule has 1 aromatic carbocycles. The van der Waals surface area contributed by atoms with Gasteiger partial charge in [-0.25, -0.2) is 17.2 Å². The molecule has 1 saturated carbocycles. The fourth-order valence-electron chi connectivity index (χ4n) is 2.72. The summed E-state index contributed by atoms with van der Waals surface area (Å²) in [5, 5.41) is 9.44. The van der Waals surface area contributed by atoms with E-state index in [0.29, 0.717) is 25.0 Å². The number of hydrogen-bond acceptors (Lipinski definition) is 3. The van der Waals surface area contributed by atoms with Gasteiger partial charge in [0.2, 0.25) is 0 Å². The molecule has 1 aliphatic rings. The Labute approximate surface area is 121 Å². The Morgan fingerprint density at radius 2 is 1.86 bits per heavy atom. The molecular formula is C14H16F2O4S. The molecule has 0 atom stereocenters. The highest BCUT2D eigenvalue weighted by Crippen LogP contribution is 2.41. The van der Waals surface area contributed by atoms with Gasteiger partial charge in [-0.2, -0.15) is 0 Å².